The normalized spacial score (nSPS) is 14.6. The van der Waals surface area contributed by atoms with Crippen LogP contribution in [0, 0.1) is 3.57 Å². The smallest absolute Gasteiger partial charge is 0.335 e. The van der Waals surface area contributed by atoms with Crippen molar-refractivity contribution in [2.24, 2.45) is 0 Å². The Bertz CT molecular complexity index is 1430. The Morgan fingerprint density at radius 2 is 1.76 bits per heavy atom. The predicted molar refractivity (Wildman–Crippen MR) is 148 cm³/mol. The molecule has 2 N–H and O–H groups in total. The lowest BCUT2D eigenvalue weighted by Gasteiger charge is -2.26. The zero-order chi connectivity index (χ0) is 26.7. The van der Waals surface area contributed by atoms with Crippen LogP contribution in [-0.4, -0.2) is 29.6 Å². The standard InChI is InChI=1S/C26H19Cl2IN2O6/c1-2-36-22-11-14(10-21(29)23(22)37-13-15-3-4-16(27)12-20(15)28)9-19-24(33)30-26(35)31(25(19)34)17-5-7-18(32)8-6-17/h3-12,32H,2,13H2,1H3,(H,30,33,35)/b19-9+. The highest BCUT2D eigenvalue weighted by atomic mass is 127. The summed E-state index contributed by atoms with van der Waals surface area (Å²) in [6.45, 7) is 2.32. The van der Waals surface area contributed by atoms with E-state index in [1.165, 1.54) is 30.3 Å². The molecule has 0 unspecified atom stereocenters. The Labute approximate surface area is 235 Å². The van der Waals surface area contributed by atoms with E-state index >= 15 is 0 Å². The SMILES string of the molecule is CCOc1cc(/C=C2\C(=O)NC(=O)N(c3ccc(O)cc3)C2=O)cc(I)c1OCc1ccc(Cl)cc1Cl. The fraction of sp³-hybridized carbons (Fsp3) is 0.115. The van der Waals surface area contributed by atoms with Crippen molar-refractivity contribution in [2.75, 3.05) is 11.5 Å². The number of carbonyl (C=O) groups is 3. The minimum Gasteiger partial charge on any atom is -0.508 e. The molecule has 3 aromatic carbocycles. The fourth-order valence-corrected chi connectivity index (χ4v) is 4.77. The maximum atomic E-state index is 13.1. The number of rotatable bonds is 7. The van der Waals surface area contributed by atoms with Gasteiger partial charge in [0.05, 0.1) is 15.9 Å². The maximum Gasteiger partial charge on any atom is 0.335 e. The number of benzene rings is 3. The lowest BCUT2D eigenvalue weighted by atomic mass is 10.1. The number of phenols is 1. The molecule has 1 heterocycles. The first-order valence-corrected chi connectivity index (χ1v) is 12.7. The van der Waals surface area contributed by atoms with Gasteiger partial charge in [0.1, 0.15) is 17.9 Å². The first-order chi connectivity index (χ1) is 17.7. The molecule has 0 aromatic heterocycles. The Hall–Kier alpha value is -3.28. The van der Waals surface area contributed by atoms with E-state index in [2.05, 4.69) is 27.9 Å². The van der Waals surface area contributed by atoms with Crippen LogP contribution in [0.25, 0.3) is 6.08 Å². The third kappa shape index (κ3) is 6.00. The van der Waals surface area contributed by atoms with E-state index in [1.54, 1.807) is 30.3 Å². The number of phenolic OH excluding ortho intramolecular Hbond substituents is 1. The van der Waals surface area contributed by atoms with E-state index in [4.69, 9.17) is 32.7 Å². The van der Waals surface area contributed by atoms with Crippen molar-refractivity contribution >= 4 is 75.4 Å². The molecule has 0 atom stereocenters. The summed E-state index contributed by atoms with van der Waals surface area (Å²) in [5.74, 6) is -0.780. The predicted octanol–water partition coefficient (Wildman–Crippen LogP) is 5.95. The molecule has 4 amide bonds. The summed E-state index contributed by atoms with van der Waals surface area (Å²) in [6, 6.07) is 13.1. The molecule has 0 saturated carbocycles. The van der Waals surface area contributed by atoms with Crippen LogP contribution in [0.5, 0.6) is 17.2 Å². The number of carbonyl (C=O) groups excluding carboxylic acids is 3. The van der Waals surface area contributed by atoms with Crippen molar-refractivity contribution in [3.8, 4) is 17.2 Å². The van der Waals surface area contributed by atoms with Crippen molar-refractivity contribution in [3.05, 3.63) is 84.9 Å². The molecule has 11 heteroatoms. The summed E-state index contributed by atoms with van der Waals surface area (Å²) in [5, 5.41) is 12.7. The highest BCUT2D eigenvalue weighted by molar-refractivity contribution is 14.1. The number of anilines is 1. The van der Waals surface area contributed by atoms with E-state index in [0.717, 1.165) is 10.5 Å². The van der Waals surface area contributed by atoms with Crippen LogP contribution in [0.15, 0.2) is 60.2 Å². The van der Waals surface area contributed by atoms with Crippen LogP contribution in [-0.2, 0) is 16.2 Å². The summed E-state index contributed by atoms with van der Waals surface area (Å²) in [6.07, 6.45) is 1.38. The molecule has 1 saturated heterocycles. The lowest BCUT2D eigenvalue weighted by Crippen LogP contribution is -2.54. The molecule has 4 rings (SSSR count). The van der Waals surface area contributed by atoms with Gasteiger partial charge in [0.2, 0.25) is 0 Å². The van der Waals surface area contributed by atoms with E-state index in [1.807, 2.05) is 6.92 Å². The number of halogens is 3. The molecule has 37 heavy (non-hydrogen) atoms. The van der Waals surface area contributed by atoms with Crippen molar-refractivity contribution in [1.82, 2.24) is 5.32 Å². The van der Waals surface area contributed by atoms with Crippen LogP contribution in [0.1, 0.15) is 18.1 Å². The topological polar surface area (TPSA) is 105 Å². The average Bonchev–Trinajstić information content (AvgIpc) is 2.83. The lowest BCUT2D eigenvalue weighted by molar-refractivity contribution is -0.122. The summed E-state index contributed by atoms with van der Waals surface area (Å²) in [7, 11) is 0. The number of nitrogens with zero attached hydrogens (tertiary/aromatic N) is 1. The summed E-state index contributed by atoms with van der Waals surface area (Å²) in [4.78, 5) is 38.9. The molecular formula is C26H19Cl2IN2O6. The molecule has 1 aliphatic rings. The summed E-state index contributed by atoms with van der Waals surface area (Å²) in [5.41, 5.74) is 1.18. The third-order valence-electron chi connectivity index (χ3n) is 5.24. The number of imide groups is 2. The van der Waals surface area contributed by atoms with E-state index < -0.39 is 17.8 Å². The van der Waals surface area contributed by atoms with Crippen LogP contribution in [0.2, 0.25) is 10.0 Å². The number of hydrogen-bond acceptors (Lipinski definition) is 6. The van der Waals surface area contributed by atoms with Gasteiger partial charge in [0.15, 0.2) is 11.5 Å². The zero-order valence-electron chi connectivity index (χ0n) is 19.3. The van der Waals surface area contributed by atoms with Gasteiger partial charge in [-0.2, -0.15) is 0 Å². The van der Waals surface area contributed by atoms with Crippen molar-refractivity contribution in [2.45, 2.75) is 13.5 Å². The largest absolute Gasteiger partial charge is 0.508 e. The Morgan fingerprint density at radius 3 is 2.43 bits per heavy atom. The minimum absolute atomic E-state index is 0.0286. The average molecular weight is 653 g/mol. The summed E-state index contributed by atoms with van der Waals surface area (Å²) >= 11 is 14.3. The van der Waals surface area contributed by atoms with E-state index in [0.29, 0.717) is 37.3 Å². The molecular weight excluding hydrogens is 634 g/mol. The van der Waals surface area contributed by atoms with Crippen LogP contribution >= 0.6 is 45.8 Å². The number of urea groups is 1. The van der Waals surface area contributed by atoms with Gasteiger partial charge in [0.25, 0.3) is 11.8 Å². The van der Waals surface area contributed by atoms with Crippen LogP contribution in [0.3, 0.4) is 0 Å². The molecule has 0 radical (unpaired) electrons. The van der Waals surface area contributed by atoms with Gasteiger partial charge < -0.3 is 14.6 Å². The fourth-order valence-electron chi connectivity index (χ4n) is 3.52. The second kappa shape index (κ2) is 11.4. The van der Waals surface area contributed by atoms with Crippen molar-refractivity contribution in [3.63, 3.8) is 0 Å². The van der Waals surface area contributed by atoms with Crippen LogP contribution < -0.4 is 19.7 Å². The maximum absolute atomic E-state index is 13.1. The van der Waals surface area contributed by atoms with Crippen molar-refractivity contribution in [1.29, 1.82) is 0 Å². The molecule has 0 spiro atoms. The van der Waals surface area contributed by atoms with Crippen LogP contribution in [0.4, 0.5) is 10.5 Å². The molecule has 8 nitrogen and oxygen atoms in total. The first-order valence-electron chi connectivity index (χ1n) is 10.9. The van der Waals surface area contributed by atoms with Gasteiger partial charge in [-0.25, -0.2) is 9.69 Å². The number of nitrogens with one attached hydrogen (secondary N) is 1. The highest BCUT2D eigenvalue weighted by Crippen LogP contribution is 2.36. The molecule has 0 bridgehead atoms. The minimum atomic E-state index is -0.882. The number of hydrogen-bond donors (Lipinski definition) is 2. The molecule has 1 fully saturated rings. The van der Waals surface area contributed by atoms with Gasteiger partial charge in [-0.15, -0.1) is 0 Å². The van der Waals surface area contributed by atoms with Gasteiger partial charge in [-0.1, -0.05) is 29.3 Å². The molecule has 1 aliphatic heterocycles. The zero-order valence-corrected chi connectivity index (χ0v) is 22.9. The van der Waals surface area contributed by atoms with E-state index in [-0.39, 0.29) is 23.6 Å². The Kier molecular flexibility index (Phi) is 8.25. The van der Waals surface area contributed by atoms with Gasteiger partial charge in [-0.05, 0) is 89.7 Å². The highest BCUT2D eigenvalue weighted by Gasteiger charge is 2.36. The van der Waals surface area contributed by atoms with Gasteiger partial charge in [-0.3, -0.25) is 14.9 Å². The second-order valence-corrected chi connectivity index (χ2v) is 9.77. The Balaban J connectivity index is 1.66. The monoisotopic (exact) mass is 652 g/mol. The molecule has 0 aliphatic carbocycles. The molecule has 3 aromatic rings. The second-order valence-electron chi connectivity index (χ2n) is 7.76. The quantitative estimate of drug-likeness (QED) is 0.186. The number of amides is 4. The first kappa shape index (κ1) is 26.8. The number of aromatic hydroxyl groups is 1. The van der Waals surface area contributed by atoms with Crippen molar-refractivity contribution < 1.29 is 29.0 Å². The third-order valence-corrected chi connectivity index (χ3v) is 6.63. The number of barbiturate groups is 1. The van der Waals surface area contributed by atoms with Gasteiger partial charge >= 0.3 is 6.03 Å². The number of ether oxygens (including phenoxy) is 2. The summed E-state index contributed by atoms with van der Waals surface area (Å²) < 4.78 is 12.4. The van der Waals surface area contributed by atoms with Gasteiger partial charge in [0, 0.05) is 15.6 Å². The Morgan fingerprint density at radius 1 is 1.03 bits per heavy atom. The van der Waals surface area contributed by atoms with E-state index in [9.17, 15) is 19.5 Å². The molecule has 190 valence electrons.